The van der Waals surface area contributed by atoms with Gasteiger partial charge in [0.25, 0.3) is 5.69 Å². The van der Waals surface area contributed by atoms with Crippen molar-refractivity contribution in [3.05, 3.63) is 86.3 Å². The van der Waals surface area contributed by atoms with Crippen molar-refractivity contribution in [3.63, 3.8) is 0 Å². The number of nitro groups is 1. The summed E-state index contributed by atoms with van der Waals surface area (Å²) in [6.45, 7) is 0. The summed E-state index contributed by atoms with van der Waals surface area (Å²) in [5, 5.41) is 11.6. The zero-order valence-electron chi connectivity index (χ0n) is 13.2. The van der Waals surface area contributed by atoms with E-state index in [9.17, 15) is 14.9 Å². The van der Waals surface area contributed by atoms with Crippen molar-refractivity contribution < 1.29 is 9.66 Å². The van der Waals surface area contributed by atoms with Gasteiger partial charge in [-0.1, -0.05) is 17.7 Å². The van der Waals surface area contributed by atoms with E-state index in [1.807, 2.05) is 0 Å². The molecule has 0 spiro atoms. The largest absolute Gasteiger partial charge is 0.457 e. The second-order valence-electron chi connectivity index (χ2n) is 5.36. The Bertz CT molecular complexity index is 1010. The topological polar surface area (TPSA) is 74.4 Å². The van der Waals surface area contributed by atoms with Crippen LogP contribution in [0.5, 0.6) is 11.5 Å². The average Bonchev–Trinajstić information content (AvgIpc) is 2.57. The molecule has 0 fully saturated rings. The fourth-order valence-electron chi connectivity index (χ4n) is 2.36. The van der Waals surface area contributed by atoms with Crippen molar-refractivity contribution in [1.82, 2.24) is 4.57 Å². The number of nitrogens with zero attached hydrogens (tertiary/aromatic N) is 2. The third-order valence-corrected chi connectivity index (χ3v) is 3.83. The molecule has 0 saturated carbocycles. The maximum atomic E-state index is 11.6. The average molecular weight is 357 g/mol. The van der Waals surface area contributed by atoms with Gasteiger partial charge >= 0.3 is 0 Å². The van der Waals surface area contributed by atoms with Gasteiger partial charge in [-0.25, -0.2) is 0 Å². The lowest BCUT2D eigenvalue weighted by atomic mass is 10.1. The Hall–Kier alpha value is -3.12. The Labute approximate surface area is 148 Å². The van der Waals surface area contributed by atoms with E-state index in [1.165, 1.54) is 28.8 Å². The quantitative estimate of drug-likeness (QED) is 0.512. The molecule has 3 aromatic rings. The van der Waals surface area contributed by atoms with E-state index in [0.717, 1.165) is 0 Å². The summed E-state index contributed by atoms with van der Waals surface area (Å²) in [6, 6.07) is 14.2. The zero-order valence-corrected chi connectivity index (χ0v) is 13.9. The van der Waals surface area contributed by atoms with E-state index < -0.39 is 4.92 Å². The minimum absolute atomic E-state index is 0.0673. The van der Waals surface area contributed by atoms with Gasteiger partial charge in [-0.05, 0) is 30.3 Å². The summed E-state index contributed by atoms with van der Waals surface area (Å²) < 4.78 is 7.26. The summed E-state index contributed by atoms with van der Waals surface area (Å²) in [7, 11) is 1.61. The smallest absolute Gasteiger partial charge is 0.270 e. The molecule has 1 aromatic heterocycles. The van der Waals surface area contributed by atoms with Crippen molar-refractivity contribution in [3.8, 4) is 22.6 Å². The first-order valence-electron chi connectivity index (χ1n) is 7.33. The van der Waals surface area contributed by atoms with Crippen LogP contribution in [0.4, 0.5) is 5.69 Å². The first-order chi connectivity index (χ1) is 11.9. The predicted octanol–water partition coefficient (Wildman–Crippen LogP) is 4.41. The van der Waals surface area contributed by atoms with E-state index >= 15 is 0 Å². The van der Waals surface area contributed by atoms with Crippen molar-refractivity contribution in [2.24, 2.45) is 7.05 Å². The summed E-state index contributed by atoms with van der Waals surface area (Å²) in [4.78, 5) is 22.2. The third kappa shape index (κ3) is 3.70. The highest BCUT2D eigenvalue weighted by molar-refractivity contribution is 6.30. The second-order valence-corrected chi connectivity index (χ2v) is 5.80. The van der Waals surface area contributed by atoms with Gasteiger partial charge in [0, 0.05) is 47.6 Å². The van der Waals surface area contributed by atoms with E-state index in [-0.39, 0.29) is 11.2 Å². The number of hydrogen-bond acceptors (Lipinski definition) is 4. The molecule has 0 radical (unpaired) electrons. The maximum absolute atomic E-state index is 11.6. The van der Waals surface area contributed by atoms with Crippen LogP contribution in [0.15, 0.2) is 65.6 Å². The minimum atomic E-state index is -0.478. The van der Waals surface area contributed by atoms with Crippen LogP contribution in [0, 0.1) is 10.1 Å². The van der Waals surface area contributed by atoms with Crippen LogP contribution < -0.4 is 10.3 Å². The standard InChI is InChI=1S/C18H13ClN2O4/c1-20-11-12(5-8-18(20)22)16-10-14(21(23)24)6-7-17(16)25-15-4-2-3-13(19)9-15/h2-11H,1H3. The van der Waals surface area contributed by atoms with Crippen LogP contribution in [-0.2, 0) is 7.05 Å². The number of nitro benzene ring substituents is 1. The number of benzene rings is 2. The Morgan fingerprint density at radius 3 is 2.60 bits per heavy atom. The van der Waals surface area contributed by atoms with Crippen molar-refractivity contribution in [1.29, 1.82) is 0 Å². The zero-order chi connectivity index (χ0) is 18.0. The molecule has 6 nitrogen and oxygen atoms in total. The highest BCUT2D eigenvalue weighted by Crippen LogP contribution is 2.36. The molecular weight excluding hydrogens is 344 g/mol. The van der Waals surface area contributed by atoms with Crippen LogP contribution in [0.1, 0.15) is 0 Å². The highest BCUT2D eigenvalue weighted by atomic mass is 35.5. The van der Waals surface area contributed by atoms with Crippen LogP contribution in [-0.4, -0.2) is 9.49 Å². The van der Waals surface area contributed by atoms with E-state index in [2.05, 4.69) is 0 Å². The summed E-state index contributed by atoms with van der Waals surface area (Å²) in [5.74, 6) is 0.930. The number of pyridine rings is 1. The first kappa shape index (κ1) is 16.7. The van der Waals surface area contributed by atoms with Gasteiger partial charge in [0.2, 0.25) is 5.56 Å². The molecule has 0 bridgehead atoms. The molecule has 0 amide bonds. The number of hydrogen-bond donors (Lipinski definition) is 0. The molecule has 0 atom stereocenters. The molecule has 126 valence electrons. The molecule has 2 aromatic carbocycles. The molecule has 1 heterocycles. The Kier molecular flexibility index (Phi) is 4.54. The van der Waals surface area contributed by atoms with Crippen molar-refractivity contribution >= 4 is 17.3 Å². The molecule has 3 rings (SSSR count). The number of rotatable bonds is 4. The van der Waals surface area contributed by atoms with Crippen molar-refractivity contribution in [2.45, 2.75) is 0 Å². The van der Waals surface area contributed by atoms with E-state index in [4.69, 9.17) is 16.3 Å². The molecule has 0 aliphatic rings. The minimum Gasteiger partial charge on any atom is -0.457 e. The maximum Gasteiger partial charge on any atom is 0.270 e. The number of aromatic nitrogens is 1. The number of non-ortho nitro benzene ring substituents is 1. The van der Waals surface area contributed by atoms with Gasteiger partial charge in [0.05, 0.1) is 4.92 Å². The van der Waals surface area contributed by atoms with Gasteiger partial charge < -0.3 is 9.30 Å². The van der Waals surface area contributed by atoms with Crippen LogP contribution in [0.3, 0.4) is 0 Å². The fourth-order valence-corrected chi connectivity index (χ4v) is 2.54. The van der Waals surface area contributed by atoms with Gasteiger partial charge in [0.15, 0.2) is 0 Å². The molecule has 0 aliphatic heterocycles. The van der Waals surface area contributed by atoms with E-state index in [0.29, 0.717) is 27.6 Å². The monoisotopic (exact) mass is 356 g/mol. The molecule has 0 N–H and O–H groups in total. The normalized spacial score (nSPS) is 10.5. The van der Waals surface area contributed by atoms with Gasteiger partial charge in [-0.3, -0.25) is 14.9 Å². The molecule has 25 heavy (non-hydrogen) atoms. The van der Waals surface area contributed by atoms with Gasteiger partial charge in [-0.15, -0.1) is 0 Å². The lowest BCUT2D eigenvalue weighted by Crippen LogP contribution is -2.14. The number of ether oxygens (including phenoxy) is 1. The van der Waals surface area contributed by atoms with Crippen LogP contribution in [0.25, 0.3) is 11.1 Å². The molecule has 0 unspecified atom stereocenters. The van der Waals surface area contributed by atoms with E-state index in [1.54, 1.807) is 43.6 Å². The SMILES string of the molecule is Cn1cc(-c2cc([N+](=O)[O-])ccc2Oc2cccc(Cl)c2)ccc1=O. The Morgan fingerprint density at radius 1 is 1.12 bits per heavy atom. The Morgan fingerprint density at radius 2 is 1.92 bits per heavy atom. The van der Waals surface area contributed by atoms with Gasteiger partial charge in [-0.2, -0.15) is 0 Å². The highest BCUT2D eigenvalue weighted by Gasteiger charge is 2.15. The van der Waals surface area contributed by atoms with Crippen LogP contribution in [0.2, 0.25) is 5.02 Å². The summed E-state index contributed by atoms with van der Waals surface area (Å²) in [6.07, 6.45) is 1.60. The summed E-state index contributed by atoms with van der Waals surface area (Å²) in [5.41, 5.74) is 0.890. The lowest BCUT2D eigenvalue weighted by Gasteiger charge is -2.12. The Balaban J connectivity index is 2.12. The third-order valence-electron chi connectivity index (χ3n) is 3.59. The molecule has 0 saturated heterocycles. The van der Waals surface area contributed by atoms with Gasteiger partial charge in [0.1, 0.15) is 11.5 Å². The second kappa shape index (κ2) is 6.78. The van der Waals surface area contributed by atoms with Crippen LogP contribution >= 0.6 is 11.6 Å². The lowest BCUT2D eigenvalue weighted by molar-refractivity contribution is -0.384. The fraction of sp³-hybridized carbons (Fsp3) is 0.0556. The number of aryl methyl sites for hydroxylation is 1. The molecular formula is C18H13ClN2O4. The predicted molar refractivity (Wildman–Crippen MR) is 95.3 cm³/mol. The molecule has 0 aliphatic carbocycles. The first-order valence-corrected chi connectivity index (χ1v) is 7.71. The molecule has 7 heteroatoms. The van der Waals surface area contributed by atoms with Crippen molar-refractivity contribution in [2.75, 3.05) is 0 Å². The number of halogens is 1. The summed E-state index contributed by atoms with van der Waals surface area (Å²) >= 11 is 5.97.